The average molecular weight is 265 g/mol. The van der Waals surface area contributed by atoms with Gasteiger partial charge in [0.25, 0.3) is 0 Å². The van der Waals surface area contributed by atoms with Gasteiger partial charge in [-0.25, -0.2) is 0 Å². The Morgan fingerprint density at radius 1 is 1.42 bits per heavy atom. The van der Waals surface area contributed by atoms with Crippen molar-refractivity contribution in [3.8, 4) is 5.75 Å². The van der Waals surface area contributed by atoms with Gasteiger partial charge in [0.1, 0.15) is 5.75 Å². The molecule has 1 aromatic rings. The van der Waals surface area contributed by atoms with Crippen LogP contribution in [0.2, 0.25) is 0 Å². The number of rotatable bonds is 6. The zero-order valence-electron chi connectivity index (χ0n) is 12.1. The Morgan fingerprint density at radius 2 is 2.11 bits per heavy atom. The second kappa shape index (κ2) is 7.14. The number of benzene rings is 1. The molecule has 0 aliphatic heterocycles. The van der Waals surface area contributed by atoms with Crippen molar-refractivity contribution in [2.75, 3.05) is 13.7 Å². The van der Waals surface area contributed by atoms with Crippen molar-refractivity contribution in [1.29, 1.82) is 0 Å². The van der Waals surface area contributed by atoms with Crippen LogP contribution in [0.1, 0.15) is 25.0 Å². The summed E-state index contributed by atoms with van der Waals surface area (Å²) in [6, 6.07) is 5.53. The fourth-order valence-corrected chi connectivity index (χ4v) is 1.84. The Hall–Kier alpha value is -1.55. The summed E-state index contributed by atoms with van der Waals surface area (Å²) in [4.78, 5) is 11.9. The van der Waals surface area contributed by atoms with E-state index in [9.17, 15) is 9.90 Å². The zero-order valence-corrected chi connectivity index (χ0v) is 12.1. The molecule has 0 aliphatic carbocycles. The van der Waals surface area contributed by atoms with Gasteiger partial charge < -0.3 is 15.2 Å². The molecule has 0 radical (unpaired) electrons. The quantitative estimate of drug-likeness (QED) is 0.822. The van der Waals surface area contributed by atoms with Gasteiger partial charge >= 0.3 is 0 Å². The molecule has 1 rings (SSSR count). The number of aliphatic hydroxyl groups is 1. The lowest BCUT2D eigenvalue weighted by Gasteiger charge is -2.20. The number of amides is 1. The minimum atomic E-state index is -0.195. The van der Waals surface area contributed by atoms with E-state index in [1.807, 2.05) is 39.0 Å². The summed E-state index contributed by atoms with van der Waals surface area (Å²) in [7, 11) is 1.62. The molecule has 0 spiro atoms. The number of carbonyl (C=O) groups is 1. The van der Waals surface area contributed by atoms with Crippen LogP contribution in [0.3, 0.4) is 0 Å². The molecule has 0 saturated heterocycles. The summed E-state index contributed by atoms with van der Waals surface area (Å²) < 4.78 is 5.24. The van der Waals surface area contributed by atoms with Gasteiger partial charge in [-0.05, 0) is 30.0 Å². The molecule has 0 aliphatic rings. The minimum Gasteiger partial charge on any atom is -0.496 e. The molecule has 4 nitrogen and oxygen atoms in total. The fourth-order valence-electron chi connectivity index (χ4n) is 1.84. The molecular formula is C15H23NO3. The first-order chi connectivity index (χ1) is 8.97. The molecule has 0 fully saturated rings. The molecule has 2 N–H and O–H groups in total. The van der Waals surface area contributed by atoms with Gasteiger partial charge in [0, 0.05) is 0 Å². The van der Waals surface area contributed by atoms with Crippen molar-refractivity contribution in [1.82, 2.24) is 5.32 Å². The Balaban J connectivity index is 2.66. The molecule has 1 aromatic carbocycles. The van der Waals surface area contributed by atoms with Crippen molar-refractivity contribution in [2.45, 2.75) is 33.2 Å². The third kappa shape index (κ3) is 4.56. The van der Waals surface area contributed by atoms with Crippen LogP contribution in [0.5, 0.6) is 5.75 Å². The van der Waals surface area contributed by atoms with E-state index in [1.54, 1.807) is 7.11 Å². The maximum absolute atomic E-state index is 11.9. The third-order valence-electron chi connectivity index (χ3n) is 3.18. The minimum absolute atomic E-state index is 0.0410. The second-order valence-corrected chi connectivity index (χ2v) is 5.08. The molecule has 4 heteroatoms. The summed E-state index contributed by atoms with van der Waals surface area (Å²) in [5.41, 5.74) is 1.95. The predicted octanol–water partition coefficient (Wildman–Crippen LogP) is 1.68. The van der Waals surface area contributed by atoms with Gasteiger partial charge in [-0.3, -0.25) is 4.79 Å². The Morgan fingerprint density at radius 3 is 2.63 bits per heavy atom. The number of hydrogen-bond donors (Lipinski definition) is 2. The number of nitrogens with one attached hydrogen (secondary N) is 1. The van der Waals surface area contributed by atoms with E-state index >= 15 is 0 Å². The van der Waals surface area contributed by atoms with Crippen molar-refractivity contribution in [3.63, 3.8) is 0 Å². The normalized spacial score (nSPS) is 12.3. The monoisotopic (exact) mass is 265 g/mol. The van der Waals surface area contributed by atoms with Gasteiger partial charge in [-0.15, -0.1) is 0 Å². The summed E-state index contributed by atoms with van der Waals surface area (Å²) in [5, 5.41) is 12.0. The van der Waals surface area contributed by atoms with E-state index in [1.165, 1.54) is 0 Å². The third-order valence-corrected chi connectivity index (χ3v) is 3.18. The highest BCUT2D eigenvalue weighted by Gasteiger charge is 2.15. The van der Waals surface area contributed by atoms with E-state index in [4.69, 9.17) is 4.74 Å². The summed E-state index contributed by atoms with van der Waals surface area (Å²) in [6.07, 6.45) is 0.292. The molecule has 1 unspecified atom stereocenters. The number of carbonyl (C=O) groups excluding carboxylic acids is 1. The number of hydrogen-bond acceptors (Lipinski definition) is 3. The van der Waals surface area contributed by atoms with Crippen molar-refractivity contribution >= 4 is 5.91 Å². The molecule has 1 atom stereocenters. The Bertz CT molecular complexity index is 429. The van der Waals surface area contributed by atoms with Crippen LogP contribution in [0.4, 0.5) is 0 Å². The lowest BCUT2D eigenvalue weighted by Crippen LogP contribution is -2.41. The molecule has 0 aromatic heterocycles. The van der Waals surface area contributed by atoms with Crippen LogP contribution in [-0.2, 0) is 11.2 Å². The van der Waals surface area contributed by atoms with Gasteiger partial charge in [0.2, 0.25) is 5.91 Å². The van der Waals surface area contributed by atoms with Gasteiger partial charge in [0.05, 0.1) is 26.2 Å². The number of aliphatic hydroxyl groups excluding tert-OH is 1. The smallest absolute Gasteiger partial charge is 0.224 e. The van der Waals surface area contributed by atoms with Crippen LogP contribution in [0.25, 0.3) is 0 Å². The SMILES string of the molecule is COc1cc(CC(=O)NC(CO)C(C)C)ccc1C. The predicted molar refractivity (Wildman–Crippen MR) is 75.3 cm³/mol. The summed E-state index contributed by atoms with van der Waals surface area (Å²) in [5.74, 6) is 0.910. The van der Waals surface area contributed by atoms with Crippen LogP contribution in [0, 0.1) is 12.8 Å². The van der Waals surface area contributed by atoms with E-state index < -0.39 is 0 Å². The summed E-state index contributed by atoms with van der Waals surface area (Å²) >= 11 is 0. The molecule has 0 heterocycles. The topological polar surface area (TPSA) is 58.6 Å². The first kappa shape index (κ1) is 15.5. The molecule has 1 amide bonds. The Labute approximate surface area is 114 Å². The molecule has 19 heavy (non-hydrogen) atoms. The highest BCUT2D eigenvalue weighted by molar-refractivity contribution is 5.79. The maximum Gasteiger partial charge on any atom is 0.224 e. The average Bonchev–Trinajstić information content (AvgIpc) is 2.37. The van der Waals surface area contributed by atoms with Gasteiger partial charge in [-0.1, -0.05) is 26.0 Å². The number of aryl methyl sites for hydroxylation is 1. The second-order valence-electron chi connectivity index (χ2n) is 5.08. The summed E-state index contributed by atoms with van der Waals surface area (Å²) in [6.45, 7) is 5.86. The molecule has 106 valence electrons. The van der Waals surface area contributed by atoms with Crippen LogP contribution in [-0.4, -0.2) is 30.8 Å². The first-order valence-electron chi connectivity index (χ1n) is 6.51. The highest BCUT2D eigenvalue weighted by Crippen LogP contribution is 2.19. The van der Waals surface area contributed by atoms with Crippen molar-refractivity contribution in [3.05, 3.63) is 29.3 Å². The van der Waals surface area contributed by atoms with Crippen molar-refractivity contribution in [2.24, 2.45) is 5.92 Å². The fraction of sp³-hybridized carbons (Fsp3) is 0.533. The largest absolute Gasteiger partial charge is 0.496 e. The van der Waals surface area contributed by atoms with Gasteiger partial charge in [0.15, 0.2) is 0 Å². The van der Waals surface area contributed by atoms with Gasteiger partial charge in [-0.2, -0.15) is 0 Å². The lowest BCUT2D eigenvalue weighted by atomic mass is 10.0. The van der Waals surface area contributed by atoms with Crippen LogP contribution in [0.15, 0.2) is 18.2 Å². The molecule has 0 bridgehead atoms. The van der Waals surface area contributed by atoms with E-state index in [-0.39, 0.29) is 24.5 Å². The number of methoxy groups -OCH3 is 1. The zero-order chi connectivity index (χ0) is 14.4. The van der Waals surface area contributed by atoms with E-state index in [0.717, 1.165) is 16.9 Å². The van der Waals surface area contributed by atoms with Crippen LogP contribution >= 0.6 is 0 Å². The number of ether oxygens (including phenoxy) is 1. The van der Waals surface area contributed by atoms with Crippen LogP contribution < -0.4 is 10.1 Å². The maximum atomic E-state index is 11.9. The first-order valence-corrected chi connectivity index (χ1v) is 6.51. The standard InChI is InChI=1S/C15H23NO3/c1-10(2)13(9-17)16-15(18)8-12-6-5-11(3)14(7-12)19-4/h5-7,10,13,17H,8-9H2,1-4H3,(H,16,18). The molecular weight excluding hydrogens is 242 g/mol. The lowest BCUT2D eigenvalue weighted by molar-refractivity contribution is -0.121. The highest BCUT2D eigenvalue weighted by atomic mass is 16.5. The molecule has 0 saturated carbocycles. The van der Waals surface area contributed by atoms with E-state index in [0.29, 0.717) is 6.42 Å². The Kier molecular flexibility index (Phi) is 5.83. The van der Waals surface area contributed by atoms with E-state index in [2.05, 4.69) is 5.32 Å². The van der Waals surface area contributed by atoms with Crippen molar-refractivity contribution < 1.29 is 14.6 Å².